The molecule has 0 spiro atoms. The molecule has 0 saturated carbocycles. The summed E-state index contributed by atoms with van der Waals surface area (Å²) in [5, 5.41) is 40.9. The number of allylic oxidation sites excluding steroid dienone is 2. The first-order valence-electron chi connectivity index (χ1n) is 26.2. The van der Waals surface area contributed by atoms with Gasteiger partial charge in [0.25, 0.3) is 0 Å². The average Bonchev–Trinajstić information content (AvgIpc) is 3.24. The molecule has 0 aliphatic carbocycles. The summed E-state index contributed by atoms with van der Waals surface area (Å²) in [6.45, 7) is 14.6. The molecule has 0 radical (unpaired) electrons. The van der Waals surface area contributed by atoms with Gasteiger partial charge in [0.2, 0.25) is 17.7 Å². The molecule has 1 heterocycles. The zero-order chi connectivity index (χ0) is 48.5. The van der Waals surface area contributed by atoms with Crippen molar-refractivity contribution in [1.29, 1.82) is 0 Å². The van der Waals surface area contributed by atoms with Gasteiger partial charge in [0.15, 0.2) is 6.23 Å². The van der Waals surface area contributed by atoms with Gasteiger partial charge in [-0.15, -0.1) is 0 Å². The molecule has 380 valence electrons. The zero-order valence-corrected chi connectivity index (χ0v) is 42.5. The number of amides is 4. The van der Waals surface area contributed by atoms with Gasteiger partial charge in [-0.3, -0.25) is 14.4 Å². The maximum atomic E-state index is 14.2. The molecule has 1 fully saturated rings. The lowest BCUT2D eigenvalue weighted by Gasteiger charge is -2.47. The summed E-state index contributed by atoms with van der Waals surface area (Å²) in [5.41, 5.74) is -0.772. The van der Waals surface area contributed by atoms with Crippen LogP contribution in [0.4, 0.5) is 4.79 Å². The summed E-state index contributed by atoms with van der Waals surface area (Å²) < 4.78 is 11.5. The van der Waals surface area contributed by atoms with Crippen molar-refractivity contribution in [2.45, 2.75) is 277 Å². The molecule has 0 aromatic heterocycles. The van der Waals surface area contributed by atoms with Gasteiger partial charge in [-0.05, 0) is 78.6 Å². The highest BCUT2D eigenvalue weighted by molar-refractivity contribution is 5.91. The number of carbonyl (C=O) groups is 4. The first kappa shape index (κ1) is 60.3. The van der Waals surface area contributed by atoms with Crippen molar-refractivity contribution in [2.75, 3.05) is 13.2 Å². The van der Waals surface area contributed by atoms with E-state index >= 15 is 0 Å². The number of hydrogen-bond donors (Lipinski definition) is 6. The van der Waals surface area contributed by atoms with E-state index in [4.69, 9.17) is 9.47 Å². The van der Waals surface area contributed by atoms with E-state index in [0.29, 0.717) is 19.4 Å². The molecule has 7 atom stereocenters. The summed E-state index contributed by atoms with van der Waals surface area (Å²) in [6.07, 6.45) is 27.5. The fraction of sp³-hybridized carbons (Fsp3) is 0.885. The molecule has 6 N–H and O–H groups in total. The first-order valence-corrected chi connectivity index (χ1v) is 26.2. The number of alkyl carbamates (subject to hydrolysis) is 1. The van der Waals surface area contributed by atoms with Gasteiger partial charge in [0.1, 0.15) is 42.0 Å². The molecule has 65 heavy (non-hydrogen) atoms. The molecule has 13 nitrogen and oxygen atoms in total. The Bertz CT molecular complexity index is 1290. The summed E-state index contributed by atoms with van der Waals surface area (Å²) in [5.74, 6) is -1.47. The van der Waals surface area contributed by atoms with Gasteiger partial charge in [0.05, 0.1) is 6.61 Å². The molecule has 1 saturated heterocycles. The van der Waals surface area contributed by atoms with Gasteiger partial charge in [-0.25, -0.2) is 4.79 Å². The van der Waals surface area contributed by atoms with Crippen LogP contribution in [0.3, 0.4) is 0 Å². The van der Waals surface area contributed by atoms with Gasteiger partial charge < -0.3 is 45.6 Å². The third-order valence-corrected chi connectivity index (χ3v) is 12.2. The Morgan fingerprint density at radius 2 is 1.14 bits per heavy atom. The largest absolute Gasteiger partial charge is 0.444 e. The minimum absolute atomic E-state index is 0.0388. The van der Waals surface area contributed by atoms with E-state index in [2.05, 4.69) is 41.9 Å². The Balaban J connectivity index is 3.06. The summed E-state index contributed by atoms with van der Waals surface area (Å²) >= 11 is 0. The first-order chi connectivity index (χ1) is 31.1. The number of nitrogens with one attached hydrogen (secondary N) is 3. The Morgan fingerprint density at radius 3 is 1.62 bits per heavy atom. The third-order valence-electron chi connectivity index (χ3n) is 12.2. The van der Waals surface area contributed by atoms with Crippen LogP contribution in [0.1, 0.15) is 229 Å². The molecular weight excluding hydrogens is 825 g/mol. The van der Waals surface area contributed by atoms with E-state index < -0.39 is 72.8 Å². The number of ether oxygens (including phenoxy) is 2. The van der Waals surface area contributed by atoms with Crippen LogP contribution in [0.15, 0.2) is 12.2 Å². The van der Waals surface area contributed by atoms with Crippen molar-refractivity contribution in [3.8, 4) is 0 Å². The minimum atomic E-state index is -1.59. The maximum absolute atomic E-state index is 14.2. The quantitative estimate of drug-likeness (QED) is 0.0261. The number of carbonyl (C=O) groups excluding carboxylic acids is 4. The SMILES string of the molecule is CCCCCCCC/C=C\CCCCCCCC(=O)N(CCCCCCCCCCCCCC)[C@@H]1O[C@H](CO)[C@@H](O)[C@H](O)[C@H]1NC(=O)[C@H](CC(C)C)NC(=O)[C@H](C)NC(=O)OC(C)(C)C. The topological polar surface area (TPSA) is 187 Å². The molecular formula is C52H98N4O9. The van der Waals surface area contributed by atoms with E-state index in [1.807, 2.05) is 13.8 Å². The highest BCUT2D eigenvalue weighted by Gasteiger charge is 2.48. The van der Waals surface area contributed by atoms with Crippen molar-refractivity contribution >= 4 is 23.8 Å². The molecule has 0 unspecified atom stereocenters. The lowest BCUT2D eigenvalue weighted by molar-refractivity contribution is -0.231. The van der Waals surface area contributed by atoms with Crippen molar-refractivity contribution in [2.24, 2.45) is 5.92 Å². The van der Waals surface area contributed by atoms with E-state index in [0.717, 1.165) is 57.8 Å². The van der Waals surface area contributed by atoms with Crippen molar-refractivity contribution in [3.05, 3.63) is 12.2 Å². The number of nitrogens with zero attached hydrogens (tertiary/aromatic N) is 1. The van der Waals surface area contributed by atoms with Crippen LogP contribution < -0.4 is 16.0 Å². The van der Waals surface area contributed by atoms with Crippen LogP contribution in [0.5, 0.6) is 0 Å². The Labute approximate surface area is 395 Å². The molecule has 1 aliphatic rings. The molecule has 0 aromatic carbocycles. The normalized spacial score (nSPS) is 19.8. The molecule has 1 aliphatic heterocycles. The molecule has 1 rings (SSSR count). The maximum Gasteiger partial charge on any atom is 0.408 e. The van der Waals surface area contributed by atoms with Crippen LogP contribution in [-0.4, -0.2) is 105 Å². The lowest BCUT2D eigenvalue weighted by Crippen LogP contribution is -2.70. The van der Waals surface area contributed by atoms with Gasteiger partial charge in [-0.2, -0.15) is 0 Å². The fourth-order valence-corrected chi connectivity index (χ4v) is 8.34. The Hall–Kier alpha value is -2.74. The Kier molecular flexibility index (Phi) is 33.7. The fourth-order valence-electron chi connectivity index (χ4n) is 8.34. The predicted molar refractivity (Wildman–Crippen MR) is 262 cm³/mol. The van der Waals surface area contributed by atoms with E-state index in [1.165, 1.54) is 96.8 Å². The Morgan fingerprint density at radius 1 is 0.662 bits per heavy atom. The lowest BCUT2D eigenvalue weighted by atomic mass is 9.93. The van der Waals surface area contributed by atoms with Gasteiger partial charge >= 0.3 is 6.09 Å². The van der Waals surface area contributed by atoms with Crippen LogP contribution in [-0.2, 0) is 23.9 Å². The van der Waals surface area contributed by atoms with E-state index in [1.54, 1.807) is 25.7 Å². The highest BCUT2D eigenvalue weighted by Crippen LogP contribution is 2.26. The number of rotatable bonds is 37. The second-order valence-electron chi connectivity index (χ2n) is 20.1. The monoisotopic (exact) mass is 923 g/mol. The summed E-state index contributed by atoms with van der Waals surface area (Å²) in [6, 6.07) is -3.38. The highest BCUT2D eigenvalue weighted by atomic mass is 16.6. The third kappa shape index (κ3) is 28.3. The second-order valence-corrected chi connectivity index (χ2v) is 20.1. The standard InChI is InChI=1S/C52H98N4O9/c1-9-11-13-15-17-19-21-23-24-25-26-28-30-32-34-36-44(58)56(37-35-33-31-29-27-22-20-18-16-14-12-10-2)50-45(47(60)46(59)43(39-57)64-50)55-49(62)42(38-40(3)4)54-48(61)41(5)53-51(63)65-52(6,7)8/h23-24,40-43,45-47,50,57,59-60H,9-22,25-39H2,1-8H3,(H,53,63)(H,54,61)(H,55,62)/b24-23-/t41-,42-,43+,45+,46+,47+,50+/m0/s1. The molecule has 4 amide bonds. The van der Waals surface area contributed by atoms with Crippen molar-refractivity contribution in [1.82, 2.24) is 20.9 Å². The molecule has 13 heteroatoms. The molecule has 0 aromatic rings. The molecule has 0 bridgehead atoms. The number of aliphatic hydroxyl groups excluding tert-OH is 3. The van der Waals surface area contributed by atoms with E-state index in [-0.39, 0.29) is 24.7 Å². The number of unbranched alkanes of at least 4 members (excludes halogenated alkanes) is 22. The summed E-state index contributed by atoms with van der Waals surface area (Å²) in [4.78, 5) is 55.6. The van der Waals surface area contributed by atoms with E-state index in [9.17, 15) is 34.5 Å². The van der Waals surface area contributed by atoms with Crippen molar-refractivity contribution < 1.29 is 44.0 Å². The zero-order valence-electron chi connectivity index (χ0n) is 42.5. The smallest absolute Gasteiger partial charge is 0.408 e. The minimum Gasteiger partial charge on any atom is -0.444 e. The van der Waals surface area contributed by atoms with Gasteiger partial charge in [0, 0.05) is 13.0 Å². The van der Waals surface area contributed by atoms with Gasteiger partial charge in [-0.1, -0.05) is 162 Å². The average molecular weight is 923 g/mol. The van der Waals surface area contributed by atoms with Crippen LogP contribution in [0.2, 0.25) is 0 Å². The number of hydrogen-bond acceptors (Lipinski definition) is 9. The number of aliphatic hydroxyl groups is 3. The predicted octanol–water partition coefficient (Wildman–Crippen LogP) is 9.92. The van der Waals surface area contributed by atoms with Crippen LogP contribution in [0.25, 0.3) is 0 Å². The van der Waals surface area contributed by atoms with Crippen LogP contribution >= 0.6 is 0 Å². The van der Waals surface area contributed by atoms with Crippen LogP contribution in [0, 0.1) is 5.92 Å². The second kappa shape index (κ2) is 36.3. The summed E-state index contributed by atoms with van der Waals surface area (Å²) in [7, 11) is 0. The van der Waals surface area contributed by atoms with Crippen molar-refractivity contribution in [3.63, 3.8) is 0 Å².